The van der Waals surface area contributed by atoms with Crippen molar-refractivity contribution in [3.8, 4) is 0 Å². The van der Waals surface area contributed by atoms with Gasteiger partial charge in [-0.1, -0.05) is 12.1 Å². The third kappa shape index (κ3) is 3.51. The number of rotatable bonds is 5. The van der Waals surface area contributed by atoms with Crippen LogP contribution in [0.3, 0.4) is 0 Å². The Morgan fingerprint density at radius 3 is 2.33 bits per heavy atom. The van der Waals surface area contributed by atoms with E-state index in [0.29, 0.717) is 11.1 Å². The quantitative estimate of drug-likeness (QED) is 0.630. The molecule has 0 heterocycles. The van der Waals surface area contributed by atoms with E-state index in [4.69, 9.17) is 5.73 Å². The zero-order valence-corrected chi connectivity index (χ0v) is 13.8. The topological polar surface area (TPSA) is 132 Å². The van der Waals surface area contributed by atoms with Gasteiger partial charge in [-0.15, -0.1) is 0 Å². The second-order valence-electron chi connectivity index (χ2n) is 5.20. The maximum absolute atomic E-state index is 12.5. The summed E-state index contributed by atoms with van der Waals surface area (Å²) in [6, 6.07) is 7.83. The van der Waals surface area contributed by atoms with Crippen molar-refractivity contribution in [3.63, 3.8) is 0 Å². The van der Waals surface area contributed by atoms with Gasteiger partial charge < -0.3 is 5.73 Å². The summed E-state index contributed by atoms with van der Waals surface area (Å²) in [6.07, 6.45) is 0. The molecule has 0 radical (unpaired) electrons. The summed E-state index contributed by atoms with van der Waals surface area (Å²) in [7, 11) is -4.03. The van der Waals surface area contributed by atoms with Gasteiger partial charge in [-0.25, -0.2) is 8.42 Å². The minimum atomic E-state index is -4.03. The second kappa shape index (κ2) is 6.28. The van der Waals surface area contributed by atoms with Crippen LogP contribution in [0.2, 0.25) is 0 Å². The van der Waals surface area contributed by atoms with Crippen molar-refractivity contribution in [2.24, 2.45) is 5.73 Å². The Hall–Kier alpha value is -2.94. The molecule has 0 aromatic heterocycles. The van der Waals surface area contributed by atoms with Crippen LogP contribution < -0.4 is 10.5 Å². The van der Waals surface area contributed by atoms with Crippen molar-refractivity contribution < 1.29 is 18.1 Å². The van der Waals surface area contributed by atoms with Crippen LogP contribution >= 0.6 is 0 Å². The molecule has 8 nitrogen and oxygen atoms in total. The molecule has 0 unspecified atom stereocenters. The van der Waals surface area contributed by atoms with Crippen molar-refractivity contribution in [2.45, 2.75) is 18.7 Å². The van der Waals surface area contributed by atoms with Crippen LogP contribution in [-0.4, -0.2) is 19.2 Å². The molecular formula is C15H15N3O5S. The van der Waals surface area contributed by atoms with Crippen LogP contribution in [0.4, 0.5) is 11.4 Å². The summed E-state index contributed by atoms with van der Waals surface area (Å²) in [5, 5.41) is 10.8. The number of carbonyl (C=O) groups is 1. The number of nitrogens with one attached hydrogen (secondary N) is 1. The first-order valence-corrected chi connectivity index (χ1v) is 8.28. The van der Waals surface area contributed by atoms with E-state index in [0.717, 1.165) is 6.07 Å². The number of hydrogen-bond acceptors (Lipinski definition) is 5. The van der Waals surface area contributed by atoms with Gasteiger partial charge in [-0.3, -0.25) is 19.6 Å². The molecule has 2 aromatic rings. The molecule has 2 aromatic carbocycles. The van der Waals surface area contributed by atoms with Crippen molar-refractivity contribution in [2.75, 3.05) is 4.72 Å². The van der Waals surface area contributed by atoms with E-state index in [-0.39, 0.29) is 21.8 Å². The van der Waals surface area contributed by atoms with Crippen LogP contribution in [0.1, 0.15) is 21.5 Å². The monoisotopic (exact) mass is 349 g/mol. The highest BCUT2D eigenvalue weighted by Crippen LogP contribution is 2.25. The van der Waals surface area contributed by atoms with Crippen LogP contribution in [0, 0.1) is 24.0 Å². The highest BCUT2D eigenvalue weighted by atomic mass is 32.2. The van der Waals surface area contributed by atoms with E-state index in [9.17, 15) is 23.3 Å². The highest BCUT2D eigenvalue weighted by molar-refractivity contribution is 7.92. The smallest absolute Gasteiger partial charge is 0.271 e. The molecule has 0 aliphatic rings. The number of amides is 1. The Morgan fingerprint density at radius 2 is 1.75 bits per heavy atom. The number of nitro benzene ring substituents is 1. The number of benzene rings is 2. The molecule has 0 saturated heterocycles. The lowest BCUT2D eigenvalue weighted by Gasteiger charge is -2.12. The molecule has 3 N–H and O–H groups in total. The number of hydrogen-bond donors (Lipinski definition) is 2. The number of nitrogens with zero attached hydrogens (tertiary/aromatic N) is 1. The van der Waals surface area contributed by atoms with E-state index in [2.05, 4.69) is 4.72 Å². The molecule has 24 heavy (non-hydrogen) atoms. The first-order chi connectivity index (χ1) is 11.1. The van der Waals surface area contributed by atoms with Crippen molar-refractivity contribution in [3.05, 3.63) is 63.2 Å². The standard InChI is InChI=1S/C15H15N3O5S/c1-9-4-6-12(8-13(9)15(16)19)24(22,23)17-14-7-11(18(20)21)5-3-10(14)2/h3-8,17H,1-2H3,(H2,16,19). The normalized spacial score (nSPS) is 11.1. The number of aryl methyl sites for hydroxylation is 2. The average Bonchev–Trinajstić information content (AvgIpc) is 2.49. The summed E-state index contributed by atoms with van der Waals surface area (Å²) in [6.45, 7) is 3.25. The molecule has 0 fully saturated rings. The first kappa shape index (κ1) is 17.4. The lowest BCUT2D eigenvalue weighted by Crippen LogP contribution is -2.17. The third-order valence-electron chi connectivity index (χ3n) is 3.46. The Morgan fingerprint density at radius 1 is 1.12 bits per heavy atom. The Balaban J connectivity index is 2.46. The molecule has 0 bridgehead atoms. The predicted molar refractivity (Wildman–Crippen MR) is 88.3 cm³/mol. The minimum Gasteiger partial charge on any atom is -0.366 e. The van der Waals surface area contributed by atoms with E-state index in [1.807, 2.05) is 0 Å². The Kier molecular flexibility index (Phi) is 4.56. The van der Waals surface area contributed by atoms with Gasteiger partial charge in [-0.2, -0.15) is 0 Å². The van der Waals surface area contributed by atoms with Crippen molar-refractivity contribution in [1.29, 1.82) is 0 Å². The Bertz CT molecular complexity index is 938. The molecule has 0 aliphatic heterocycles. The summed E-state index contributed by atoms with van der Waals surface area (Å²) >= 11 is 0. The second-order valence-corrected chi connectivity index (χ2v) is 6.89. The highest BCUT2D eigenvalue weighted by Gasteiger charge is 2.19. The number of sulfonamides is 1. The molecule has 2 rings (SSSR count). The zero-order chi connectivity index (χ0) is 18.1. The van der Waals surface area contributed by atoms with Crippen molar-refractivity contribution >= 4 is 27.3 Å². The maximum atomic E-state index is 12.5. The summed E-state index contributed by atoms with van der Waals surface area (Å²) in [4.78, 5) is 21.4. The van der Waals surface area contributed by atoms with Crippen molar-refractivity contribution in [1.82, 2.24) is 0 Å². The number of primary amides is 1. The van der Waals surface area contributed by atoms with E-state index in [1.54, 1.807) is 13.8 Å². The maximum Gasteiger partial charge on any atom is 0.271 e. The summed E-state index contributed by atoms with van der Waals surface area (Å²) in [5.74, 6) is -0.740. The van der Waals surface area contributed by atoms with Crippen LogP contribution in [0.5, 0.6) is 0 Å². The molecule has 0 spiro atoms. The molecule has 0 atom stereocenters. The van der Waals surface area contributed by atoms with E-state index in [1.165, 1.54) is 30.3 Å². The fraction of sp³-hybridized carbons (Fsp3) is 0.133. The molecule has 9 heteroatoms. The van der Waals surface area contributed by atoms with Gasteiger partial charge in [-0.05, 0) is 37.1 Å². The molecule has 0 aliphatic carbocycles. The van der Waals surface area contributed by atoms with Crippen LogP contribution in [0.15, 0.2) is 41.3 Å². The van der Waals surface area contributed by atoms with Crippen LogP contribution in [-0.2, 0) is 10.0 Å². The van der Waals surface area contributed by atoms with Gasteiger partial charge >= 0.3 is 0 Å². The number of anilines is 1. The predicted octanol–water partition coefficient (Wildman–Crippen LogP) is 2.11. The van der Waals surface area contributed by atoms with Gasteiger partial charge in [0.2, 0.25) is 5.91 Å². The molecular weight excluding hydrogens is 334 g/mol. The van der Waals surface area contributed by atoms with Gasteiger partial charge in [0.15, 0.2) is 0 Å². The summed E-state index contributed by atoms with van der Waals surface area (Å²) in [5.41, 5.74) is 6.24. The largest absolute Gasteiger partial charge is 0.366 e. The third-order valence-corrected chi connectivity index (χ3v) is 4.82. The fourth-order valence-corrected chi connectivity index (χ4v) is 3.22. The van der Waals surface area contributed by atoms with Gasteiger partial charge in [0.05, 0.1) is 15.5 Å². The van der Waals surface area contributed by atoms with E-state index >= 15 is 0 Å². The lowest BCUT2D eigenvalue weighted by atomic mass is 10.1. The number of non-ortho nitro benzene ring substituents is 1. The molecule has 0 saturated carbocycles. The average molecular weight is 349 g/mol. The molecule has 126 valence electrons. The summed E-state index contributed by atoms with van der Waals surface area (Å²) < 4.78 is 27.3. The fourth-order valence-electron chi connectivity index (χ4n) is 2.07. The lowest BCUT2D eigenvalue weighted by molar-refractivity contribution is -0.384. The minimum absolute atomic E-state index is 0.0883. The van der Waals surface area contributed by atoms with Gasteiger partial charge in [0, 0.05) is 17.7 Å². The zero-order valence-electron chi connectivity index (χ0n) is 12.9. The van der Waals surface area contributed by atoms with E-state index < -0.39 is 20.9 Å². The SMILES string of the molecule is Cc1ccc([N+](=O)[O-])cc1NS(=O)(=O)c1ccc(C)c(C(N)=O)c1. The first-order valence-electron chi connectivity index (χ1n) is 6.80. The van der Waals surface area contributed by atoms with Gasteiger partial charge in [0.1, 0.15) is 0 Å². The number of nitro groups is 1. The van der Waals surface area contributed by atoms with Gasteiger partial charge in [0.25, 0.3) is 15.7 Å². The number of nitrogens with two attached hydrogens (primary N) is 1. The number of carbonyl (C=O) groups excluding carboxylic acids is 1. The Labute approximate surface area is 138 Å². The van der Waals surface area contributed by atoms with Crippen LogP contribution in [0.25, 0.3) is 0 Å². The molecule has 1 amide bonds.